The number of carbonyl (C=O) groups excluding carboxylic acids is 1. The first kappa shape index (κ1) is 9.27. The van der Waals surface area contributed by atoms with Crippen molar-refractivity contribution in [2.45, 2.75) is 19.4 Å². The predicted octanol–water partition coefficient (Wildman–Crippen LogP) is 0.974. The molecule has 4 heteroatoms. The Kier molecular flexibility index (Phi) is 2.54. The summed E-state index contributed by atoms with van der Waals surface area (Å²) >= 11 is 0. The van der Waals surface area contributed by atoms with Gasteiger partial charge in [-0.2, -0.15) is 0 Å². The molecule has 0 aromatic carbocycles. The number of hydrogen-bond donors (Lipinski definition) is 1. The molecule has 14 heavy (non-hydrogen) atoms. The standard InChI is InChI=1S/C10H14N2O2/c11-6-8-5-9(14-7-8)10(13)12-3-1-2-4-12/h5,7H,1-4,6,11H2. The summed E-state index contributed by atoms with van der Waals surface area (Å²) < 4.78 is 5.16. The first-order valence-electron chi connectivity index (χ1n) is 4.88. The molecule has 0 radical (unpaired) electrons. The topological polar surface area (TPSA) is 59.5 Å². The van der Waals surface area contributed by atoms with Gasteiger partial charge in [0.25, 0.3) is 5.91 Å². The summed E-state index contributed by atoms with van der Waals surface area (Å²) in [6, 6.07) is 1.72. The molecule has 76 valence electrons. The third kappa shape index (κ3) is 1.65. The number of nitrogens with zero attached hydrogens (tertiary/aromatic N) is 1. The molecule has 1 fully saturated rings. The maximum Gasteiger partial charge on any atom is 0.289 e. The molecule has 1 saturated heterocycles. The normalized spacial score (nSPS) is 16.2. The Balaban J connectivity index is 2.09. The van der Waals surface area contributed by atoms with Gasteiger partial charge in [0.05, 0.1) is 6.26 Å². The first-order valence-corrected chi connectivity index (χ1v) is 4.88. The van der Waals surface area contributed by atoms with Gasteiger partial charge in [-0.15, -0.1) is 0 Å². The molecule has 0 saturated carbocycles. The summed E-state index contributed by atoms with van der Waals surface area (Å²) in [5.41, 5.74) is 6.30. The van der Waals surface area contributed by atoms with Gasteiger partial charge in [-0.1, -0.05) is 0 Å². The fourth-order valence-electron chi connectivity index (χ4n) is 1.67. The Bertz CT molecular complexity index is 327. The van der Waals surface area contributed by atoms with Crippen LogP contribution in [0.2, 0.25) is 0 Å². The highest BCUT2D eigenvalue weighted by Crippen LogP contribution is 2.14. The number of likely N-dealkylation sites (tertiary alicyclic amines) is 1. The molecule has 0 aliphatic carbocycles. The van der Waals surface area contributed by atoms with Crippen molar-refractivity contribution in [3.63, 3.8) is 0 Å². The lowest BCUT2D eigenvalue weighted by atomic mass is 10.3. The van der Waals surface area contributed by atoms with Crippen molar-refractivity contribution in [3.05, 3.63) is 23.7 Å². The van der Waals surface area contributed by atoms with E-state index in [9.17, 15) is 4.79 Å². The third-order valence-corrected chi connectivity index (χ3v) is 2.49. The molecular formula is C10H14N2O2. The van der Waals surface area contributed by atoms with Gasteiger partial charge in [0.1, 0.15) is 0 Å². The van der Waals surface area contributed by atoms with Crippen molar-refractivity contribution in [1.29, 1.82) is 0 Å². The Morgan fingerprint density at radius 3 is 2.79 bits per heavy atom. The largest absolute Gasteiger partial charge is 0.459 e. The summed E-state index contributed by atoms with van der Waals surface area (Å²) in [5.74, 6) is 0.398. The lowest BCUT2D eigenvalue weighted by molar-refractivity contribution is 0.0761. The van der Waals surface area contributed by atoms with Gasteiger partial charge in [-0.05, 0) is 18.9 Å². The molecule has 1 aliphatic rings. The van der Waals surface area contributed by atoms with Crippen LogP contribution in [0.25, 0.3) is 0 Å². The zero-order chi connectivity index (χ0) is 9.97. The van der Waals surface area contributed by atoms with Crippen molar-refractivity contribution in [3.8, 4) is 0 Å². The summed E-state index contributed by atoms with van der Waals surface area (Å²) in [6.45, 7) is 2.10. The molecule has 2 rings (SSSR count). The number of carbonyl (C=O) groups is 1. The molecule has 4 nitrogen and oxygen atoms in total. The van der Waals surface area contributed by atoms with E-state index in [-0.39, 0.29) is 5.91 Å². The molecule has 2 heterocycles. The van der Waals surface area contributed by atoms with Gasteiger partial charge in [-0.3, -0.25) is 4.79 Å². The molecule has 1 amide bonds. The fraction of sp³-hybridized carbons (Fsp3) is 0.500. The highest BCUT2D eigenvalue weighted by atomic mass is 16.3. The SMILES string of the molecule is NCc1coc(C(=O)N2CCCC2)c1. The molecule has 0 bridgehead atoms. The molecule has 1 aromatic heterocycles. The number of amides is 1. The van der Waals surface area contributed by atoms with Gasteiger partial charge >= 0.3 is 0 Å². The van der Waals surface area contributed by atoms with Gasteiger partial charge in [-0.25, -0.2) is 0 Å². The first-order chi connectivity index (χ1) is 6.81. The molecular weight excluding hydrogens is 180 g/mol. The van der Waals surface area contributed by atoms with E-state index in [2.05, 4.69) is 0 Å². The minimum atomic E-state index is -0.0119. The lowest BCUT2D eigenvalue weighted by Crippen LogP contribution is -2.27. The number of rotatable bonds is 2. The number of hydrogen-bond acceptors (Lipinski definition) is 3. The Morgan fingerprint density at radius 2 is 2.21 bits per heavy atom. The van der Waals surface area contributed by atoms with Gasteiger partial charge in [0.15, 0.2) is 5.76 Å². The van der Waals surface area contributed by atoms with Crippen molar-refractivity contribution in [1.82, 2.24) is 4.90 Å². The molecule has 0 spiro atoms. The van der Waals surface area contributed by atoms with Crippen LogP contribution in [0, 0.1) is 0 Å². The monoisotopic (exact) mass is 194 g/mol. The zero-order valence-electron chi connectivity index (χ0n) is 8.03. The highest BCUT2D eigenvalue weighted by molar-refractivity contribution is 5.91. The number of nitrogens with two attached hydrogens (primary N) is 1. The van der Waals surface area contributed by atoms with Crippen LogP contribution in [-0.4, -0.2) is 23.9 Å². The van der Waals surface area contributed by atoms with Crippen molar-refractivity contribution >= 4 is 5.91 Å². The molecule has 1 aromatic rings. The van der Waals surface area contributed by atoms with Crippen LogP contribution in [0.5, 0.6) is 0 Å². The van der Waals surface area contributed by atoms with E-state index in [1.165, 1.54) is 0 Å². The van der Waals surface area contributed by atoms with E-state index < -0.39 is 0 Å². The van der Waals surface area contributed by atoms with Crippen molar-refractivity contribution in [2.75, 3.05) is 13.1 Å². The van der Waals surface area contributed by atoms with E-state index in [1.54, 1.807) is 12.3 Å². The third-order valence-electron chi connectivity index (χ3n) is 2.49. The van der Waals surface area contributed by atoms with E-state index in [0.29, 0.717) is 12.3 Å². The Hall–Kier alpha value is -1.29. The minimum absolute atomic E-state index is 0.0119. The molecule has 2 N–H and O–H groups in total. The second-order valence-corrected chi connectivity index (χ2v) is 3.52. The highest BCUT2D eigenvalue weighted by Gasteiger charge is 2.21. The van der Waals surface area contributed by atoms with E-state index >= 15 is 0 Å². The maximum absolute atomic E-state index is 11.8. The Morgan fingerprint density at radius 1 is 1.50 bits per heavy atom. The second kappa shape index (κ2) is 3.84. The van der Waals surface area contributed by atoms with Crippen molar-refractivity contribution in [2.24, 2.45) is 5.73 Å². The van der Waals surface area contributed by atoms with Crippen LogP contribution >= 0.6 is 0 Å². The summed E-state index contributed by atoms with van der Waals surface area (Å²) in [4.78, 5) is 13.6. The average molecular weight is 194 g/mol. The van der Waals surface area contributed by atoms with Gasteiger partial charge in [0.2, 0.25) is 0 Å². The molecule has 1 aliphatic heterocycles. The van der Waals surface area contributed by atoms with Crippen LogP contribution in [0.3, 0.4) is 0 Å². The number of furan rings is 1. The minimum Gasteiger partial charge on any atom is -0.459 e. The van der Waals surface area contributed by atoms with E-state index in [0.717, 1.165) is 31.5 Å². The van der Waals surface area contributed by atoms with E-state index in [4.69, 9.17) is 10.2 Å². The van der Waals surface area contributed by atoms with Crippen LogP contribution < -0.4 is 5.73 Å². The second-order valence-electron chi connectivity index (χ2n) is 3.52. The van der Waals surface area contributed by atoms with Crippen LogP contribution in [0.4, 0.5) is 0 Å². The average Bonchev–Trinajstić information content (AvgIpc) is 2.88. The van der Waals surface area contributed by atoms with E-state index in [1.807, 2.05) is 4.90 Å². The lowest BCUT2D eigenvalue weighted by Gasteiger charge is -2.12. The molecule has 0 unspecified atom stereocenters. The van der Waals surface area contributed by atoms with Gasteiger partial charge < -0.3 is 15.1 Å². The van der Waals surface area contributed by atoms with Crippen LogP contribution in [-0.2, 0) is 6.54 Å². The summed E-state index contributed by atoms with van der Waals surface area (Å²) in [5, 5.41) is 0. The van der Waals surface area contributed by atoms with Crippen LogP contribution in [0.15, 0.2) is 16.7 Å². The smallest absolute Gasteiger partial charge is 0.289 e. The summed E-state index contributed by atoms with van der Waals surface area (Å²) in [6.07, 6.45) is 3.73. The van der Waals surface area contributed by atoms with Crippen molar-refractivity contribution < 1.29 is 9.21 Å². The fourth-order valence-corrected chi connectivity index (χ4v) is 1.67. The quantitative estimate of drug-likeness (QED) is 0.763. The molecule has 0 atom stereocenters. The van der Waals surface area contributed by atoms with Gasteiger partial charge in [0, 0.05) is 25.2 Å². The van der Waals surface area contributed by atoms with Crippen LogP contribution in [0.1, 0.15) is 29.0 Å². The zero-order valence-corrected chi connectivity index (χ0v) is 8.03. The predicted molar refractivity (Wildman–Crippen MR) is 51.7 cm³/mol. The Labute approximate surface area is 82.7 Å². The maximum atomic E-state index is 11.8. The summed E-state index contributed by atoms with van der Waals surface area (Å²) in [7, 11) is 0.